The predicted octanol–water partition coefficient (Wildman–Crippen LogP) is 1.36. The number of nitrogens with two attached hydrogens (primary N) is 1. The van der Waals surface area contributed by atoms with Gasteiger partial charge in [0.05, 0.1) is 25.3 Å². The number of rotatable bonds is 8. The summed E-state index contributed by atoms with van der Waals surface area (Å²) in [6.45, 7) is 4.70. The fourth-order valence-electron chi connectivity index (χ4n) is 2.48. The van der Waals surface area contributed by atoms with E-state index in [0.29, 0.717) is 19.3 Å². The zero-order chi connectivity index (χ0) is 16.4. The van der Waals surface area contributed by atoms with Gasteiger partial charge in [0.1, 0.15) is 0 Å². The van der Waals surface area contributed by atoms with Gasteiger partial charge in [0.2, 0.25) is 11.8 Å². The van der Waals surface area contributed by atoms with Crippen LogP contribution in [0.3, 0.4) is 0 Å². The van der Waals surface area contributed by atoms with E-state index in [0.717, 1.165) is 12.8 Å². The van der Waals surface area contributed by atoms with Gasteiger partial charge in [-0.25, -0.2) is 0 Å². The van der Waals surface area contributed by atoms with Crippen LogP contribution in [0.4, 0.5) is 0 Å². The molecule has 136 valence electrons. The van der Waals surface area contributed by atoms with Crippen molar-refractivity contribution in [2.24, 2.45) is 11.7 Å². The zero-order valence-corrected chi connectivity index (χ0v) is 15.1. The molecule has 6 nitrogen and oxygen atoms in total. The lowest BCUT2D eigenvalue weighted by Gasteiger charge is -2.16. The van der Waals surface area contributed by atoms with Gasteiger partial charge < -0.3 is 21.1 Å². The number of carbonyl (C=O) groups excluding carboxylic acids is 2. The molecule has 1 atom stereocenters. The van der Waals surface area contributed by atoms with Crippen LogP contribution in [0.1, 0.15) is 52.4 Å². The van der Waals surface area contributed by atoms with Crippen molar-refractivity contribution in [3.05, 3.63) is 0 Å². The highest BCUT2D eigenvalue weighted by atomic mass is 35.5. The number of halogens is 1. The maximum atomic E-state index is 11.6. The Kier molecular flexibility index (Phi) is 12.1. The van der Waals surface area contributed by atoms with Crippen LogP contribution in [-0.2, 0) is 14.3 Å². The summed E-state index contributed by atoms with van der Waals surface area (Å²) < 4.78 is 5.79. The van der Waals surface area contributed by atoms with Crippen LogP contribution in [-0.4, -0.2) is 43.7 Å². The minimum Gasteiger partial charge on any atom is -0.376 e. The smallest absolute Gasteiger partial charge is 0.239 e. The molecule has 1 saturated carbocycles. The molecule has 7 heteroatoms. The summed E-state index contributed by atoms with van der Waals surface area (Å²) in [5.74, 6) is -0.454. The largest absolute Gasteiger partial charge is 0.376 e. The van der Waals surface area contributed by atoms with E-state index in [1.807, 2.05) is 13.8 Å². The summed E-state index contributed by atoms with van der Waals surface area (Å²) in [7, 11) is 0. The molecule has 23 heavy (non-hydrogen) atoms. The van der Waals surface area contributed by atoms with Crippen LogP contribution in [0, 0.1) is 5.92 Å². The molecule has 0 aromatic carbocycles. The third-order valence-electron chi connectivity index (χ3n) is 4.02. The van der Waals surface area contributed by atoms with Gasteiger partial charge in [-0.2, -0.15) is 0 Å². The quantitative estimate of drug-likeness (QED) is 0.455. The van der Waals surface area contributed by atoms with Crippen LogP contribution in [0.5, 0.6) is 0 Å². The monoisotopic (exact) mass is 349 g/mol. The van der Waals surface area contributed by atoms with Gasteiger partial charge in [0, 0.05) is 6.54 Å². The van der Waals surface area contributed by atoms with E-state index in [2.05, 4.69) is 10.6 Å². The van der Waals surface area contributed by atoms with E-state index in [9.17, 15) is 9.59 Å². The molecule has 0 saturated heterocycles. The van der Waals surface area contributed by atoms with Crippen LogP contribution >= 0.6 is 12.4 Å². The lowest BCUT2D eigenvalue weighted by molar-refractivity contribution is -0.127. The van der Waals surface area contributed by atoms with Crippen molar-refractivity contribution in [3.63, 3.8) is 0 Å². The molecule has 1 fully saturated rings. The van der Waals surface area contributed by atoms with E-state index in [1.165, 1.54) is 25.7 Å². The molecule has 0 bridgehead atoms. The first-order valence-electron chi connectivity index (χ1n) is 8.42. The van der Waals surface area contributed by atoms with Gasteiger partial charge in [-0.15, -0.1) is 12.4 Å². The molecule has 1 aliphatic rings. The topological polar surface area (TPSA) is 93.5 Å². The van der Waals surface area contributed by atoms with Crippen molar-refractivity contribution in [2.75, 3.05) is 19.7 Å². The first-order valence-corrected chi connectivity index (χ1v) is 8.42. The highest BCUT2D eigenvalue weighted by molar-refractivity contribution is 5.87. The number of nitrogens with one attached hydrogen (secondary N) is 2. The Morgan fingerprint density at radius 3 is 2.30 bits per heavy atom. The first-order chi connectivity index (χ1) is 10.5. The Bertz CT molecular complexity index is 345. The highest BCUT2D eigenvalue weighted by Gasteiger charge is 2.17. The van der Waals surface area contributed by atoms with Crippen LogP contribution in [0.25, 0.3) is 0 Å². The second-order valence-corrected chi connectivity index (χ2v) is 6.32. The molecule has 0 radical (unpaired) electrons. The van der Waals surface area contributed by atoms with Gasteiger partial charge in [-0.05, 0) is 18.8 Å². The lowest BCUT2D eigenvalue weighted by Crippen LogP contribution is -2.47. The average Bonchev–Trinajstić information content (AvgIpc) is 2.77. The summed E-state index contributed by atoms with van der Waals surface area (Å²) in [5, 5.41) is 5.29. The van der Waals surface area contributed by atoms with Crippen molar-refractivity contribution in [1.82, 2.24) is 10.6 Å². The van der Waals surface area contributed by atoms with E-state index < -0.39 is 6.04 Å². The number of hydrogen-bond acceptors (Lipinski definition) is 4. The Labute approximate surface area is 145 Å². The van der Waals surface area contributed by atoms with Crippen molar-refractivity contribution in [3.8, 4) is 0 Å². The van der Waals surface area contributed by atoms with Crippen molar-refractivity contribution in [2.45, 2.75) is 64.5 Å². The summed E-state index contributed by atoms with van der Waals surface area (Å²) in [6.07, 6.45) is 7.65. The molecule has 0 aromatic rings. The van der Waals surface area contributed by atoms with Crippen LogP contribution < -0.4 is 16.4 Å². The summed E-state index contributed by atoms with van der Waals surface area (Å²) >= 11 is 0. The third-order valence-corrected chi connectivity index (χ3v) is 4.02. The van der Waals surface area contributed by atoms with E-state index in [4.69, 9.17) is 10.5 Å². The van der Waals surface area contributed by atoms with E-state index in [-0.39, 0.29) is 36.7 Å². The molecular weight excluding hydrogens is 318 g/mol. The number of amides is 2. The van der Waals surface area contributed by atoms with Gasteiger partial charge in [0.25, 0.3) is 0 Å². The Morgan fingerprint density at radius 1 is 1.13 bits per heavy atom. The molecule has 1 rings (SSSR count). The number of hydrogen-bond donors (Lipinski definition) is 3. The molecule has 0 spiro atoms. The van der Waals surface area contributed by atoms with Gasteiger partial charge in [-0.1, -0.05) is 39.5 Å². The maximum absolute atomic E-state index is 11.6. The molecule has 1 aliphatic carbocycles. The predicted molar refractivity (Wildman–Crippen MR) is 93.5 cm³/mol. The summed E-state index contributed by atoms with van der Waals surface area (Å²) in [4.78, 5) is 23.2. The molecule has 0 heterocycles. The van der Waals surface area contributed by atoms with Crippen LogP contribution in [0.15, 0.2) is 0 Å². The normalized spacial score (nSPS) is 17.0. The lowest BCUT2D eigenvalue weighted by atomic mass is 10.1. The SMILES string of the molecule is CC(C)[C@H](N)C(=O)NCC(=O)NCCOC1CCCCCC1.Cl. The molecule has 0 unspecified atom stereocenters. The van der Waals surface area contributed by atoms with E-state index in [1.54, 1.807) is 0 Å². The molecular formula is C16H32ClN3O3. The van der Waals surface area contributed by atoms with Crippen molar-refractivity contribution in [1.29, 1.82) is 0 Å². The van der Waals surface area contributed by atoms with Crippen molar-refractivity contribution < 1.29 is 14.3 Å². The number of carbonyl (C=O) groups is 2. The molecule has 2 amide bonds. The minimum atomic E-state index is -0.577. The molecule has 4 N–H and O–H groups in total. The average molecular weight is 350 g/mol. The Morgan fingerprint density at radius 2 is 1.74 bits per heavy atom. The number of ether oxygens (including phenoxy) is 1. The highest BCUT2D eigenvalue weighted by Crippen LogP contribution is 2.19. The molecule has 0 aromatic heterocycles. The zero-order valence-electron chi connectivity index (χ0n) is 14.3. The van der Waals surface area contributed by atoms with Gasteiger partial charge in [-0.3, -0.25) is 9.59 Å². The standard InChI is InChI=1S/C16H31N3O3.ClH/c1-12(2)15(17)16(21)19-11-14(20)18-9-10-22-13-7-5-3-4-6-8-13;/h12-13,15H,3-11,17H2,1-2H3,(H,18,20)(H,19,21);1H/t15-;/m0./s1. The molecule has 0 aliphatic heterocycles. The Hall–Kier alpha value is -0.850. The van der Waals surface area contributed by atoms with Crippen molar-refractivity contribution >= 4 is 24.2 Å². The second kappa shape index (κ2) is 12.6. The second-order valence-electron chi connectivity index (χ2n) is 6.32. The van der Waals surface area contributed by atoms with Crippen LogP contribution in [0.2, 0.25) is 0 Å². The maximum Gasteiger partial charge on any atom is 0.239 e. The fraction of sp³-hybridized carbons (Fsp3) is 0.875. The first kappa shape index (κ1) is 22.1. The summed E-state index contributed by atoms with van der Waals surface area (Å²) in [5.41, 5.74) is 5.70. The van der Waals surface area contributed by atoms with Gasteiger partial charge in [0.15, 0.2) is 0 Å². The van der Waals surface area contributed by atoms with E-state index >= 15 is 0 Å². The van der Waals surface area contributed by atoms with Gasteiger partial charge >= 0.3 is 0 Å². The third kappa shape index (κ3) is 9.79. The Balaban J connectivity index is 0.00000484. The fourth-order valence-corrected chi connectivity index (χ4v) is 2.48. The minimum absolute atomic E-state index is 0. The summed E-state index contributed by atoms with van der Waals surface area (Å²) in [6, 6.07) is -0.577.